The molecule has 0 aliphatic rings. The molecule has 2 atom stereocenters. The van der Waals surface area contributed by atoms with Gasteiger partial charge in [-0.2, -0.15) is 0 Å². The summed E-state index contributed by atoms with van der Waals surface area (Å²) < 4.78 is 0. The molecule has 1 N–H and O–H groups in total. The molecule has 0 unspecified atom stereocenters. The third-order valence-corrected chi connectivity index (χ3v) is 5.93. The number of benzene rings is 2. The number of hydrogen-bond acceptors (Lipinski definition) is 2. The van der Waals surface area contributed by atoms with Crippen LogP contribution in [-0.2, 0) is 22.4 Å². The molecule has 0 aliphatic carbocycles. The van der Waals surface area contributed by atoms with Gasteiger partial charge < -0.3 is 10.2 Å². The lowest BCUT2D eigenvalue weighted by molar-refractivity contribution is -0.140. The van der Waals surface area contributed by atoms with Crippen LogP contribution in [0.15, 0.2) is 54.6 Å². The van der Waals surface area contributed by atoms with Gasteiger partial charge in [-0.15, -0.1) is 0 Å². The summed E-state index contributed by atoms with van der Waals surface area (Å²) in [6, 6.07) is 18.2. The van der Waals surface area contributed by atoms with Crippen molar-refractivity contribution >= 4 is 11.8 Å². The lowest BCUT2D eigenvalue weighted by atomic mass is 10.00. The predicted octanol–water partition coefficient (Wildman–Crippen LogP) is 5.12. The lowest BCUT2D eigenvalue weighted by Crippen LogP contribution is -2.50. The average molecular weight is 423 g/mol. The molecule has 0 saturated carbocycles. The van der Waals surface area contributed by atoms with Crippen molar-refractivity contribution in [3.05, 3.63) is 71.3 Å². The van der Waals surface area contributed by atoms with Crippen molar-refractivity contribution in [2.24, 2.45) is 0 Å². The van der Waals surface area contributed by atoms with Crippen molar-refractivity contribution in [3.63, 3.8) is 0 Å². The summed E-state index contributed by atoms with van der Waals surface area (Å²) in [6.45, 7) is 10.7. The van der Waals surface area contributed by atoms with E-state index >= 15 is 0 Å². The molecule has 0 radical (unpaired) electrons. The Balaban J connectivity index is 2.05. The highest BCUT2D eigenvalue weighted by molar-refractivity contribution is 5.87. The molecule has 2 amide bonds. The topological polar surface area (TPSA) is 49.4 Å². The molecular weight excluding hydrogens is 384 g/mol. The molecule has 0 fully saturated rings. The van der Waals surface area contributed by atoms with Crippen molar-refractivity contribution in [2.75, 3.05) is 6.54 Å². The maximum absolute atomic E-state index is 13.2. The van der Waals surface area contributed by atoms with E-state index in [2.05, 4.69) is 55.6 Å². The Bertz CT molecular complexity index is 815. The maximum Gasteiger partial charge on any atom is 0.242 e. The highest BCUT2D eigenvalue weighted by Crippen LogP contribution is 2.16. The van der Waals surface area contributed by atoms with Gasteiger partial charge in [-0.25, -0.2) is 0 Å². The SMILES string of the molecule is CC[C@@H](C)NC(=O)[C@@H](C)N(CCc1ccccc1)C(=O)CCc1ccc(C(C)C)cc1. The van der Waals surface area contributed by atoms with Gasteiger partial charge in [0.05, 0.1) is 0 Å². The van der Waals surface area contributed by atoms with Crippen molar-refractivity contribution in [1.29, 1.82) is 0 Å². The molecule has 0 aromatic heterocycles. The molecule has 0 bridgehead atoms. The number of nitrogens with zero attached hydrogens (tertiary/aromatic N) is 1. The van der Waals surface area contributed by atoms with Crippen LogP contribution in [0, 0.1) is 0 Å². The highest BCUT2D eigenvalue weighted by atomic mass is 16.2. The van der Waals surface area contributed by atoms with Crippen LogP contribution < -0.4 is 5.32 Å². The van der Waals surface area contributed by atoms with Crippen LogP contribution in [0.4, 0.5) is 0 Å². The number of carbonyl (C=O) groups is 2. The van der Waals surface area contributed by atoms with Crippen LogP contribution in [0.5, 0.6) is 0 Å². The van der Waals surface area contributed by atoms with Gasteiger partial charge >= 0.3 is 0 Å². The minimum Gasteiger partial charge on any atom is -0.352 e. The summed E-state index contributed by atoms with van der Waals surface area (Å²) in [4.78, 5) is 27.6. The second-order valence-electron chi connectivity index (χ2n) is 8.71. The largest absolute Gasteiger partial charge is 0.352 e. The minimum atomic E-state index is -0.492. The first-order chi connectivity index (χ1) is 14.8. The standard InChI is InChI=1S/C27H38N2O2/c1-6-21(4)28-27(31)22(5)29(19-18-23-10-8-7-9-11-23)26(30)17-14-24-12-15-25(16-13-24)20(2)3/h7-13,15-16,20-22H,6,14,17-19H2,1-5H3,(H,28,31)/t21-,22-/m1/s1. The molecule has 0 heterocycles. The van der Waals surface area contributed by atoms with Gasteiger partial charge in [-0.1, -0.05) is 75.4 Å². The Morgan fingerprint density at radius 1 is 0.871 bits per heavy atom. The fourth-order valence-corrected chi connectivity index (χ4v) is 3.50. The average Bonchev–Trinajstić information content (AvgIpc) is 2.78. The van der Waals surface area contributed by atoms with E-state index in [1.54, 1.807) is 4.90 Å². The molecule has 4 heteroatoms. The zero-order valence-electron chi connectivity index (χ0n) is 19.7. The first-order valence-corrected chi connectivity index (χ1v) is 11.5. The van der Waals surface area contributed by atoms with Gasteiger partial charge in [0.2, 0.25) is 11.8 Å². The fraction of sp³-hybridized carbons (Fsp3) is 0.481. The monoisotopic (exact) mass is 422 g/mol. The Morgan fingerprint density at radius 3 is 2.06 bits per heavy atom. The molecule has 2 rings (SSSR count). The normalized spacial score (nSPS) is 13.0. The smallest absolute Gasteiger partial charge is 0.242 e. The van der Waals surface area contributed by atoms with Crippen LogP contribution in [-0.4, -0.2) is 35.3 Å². The van der Waals surface area contributed by atoms with E-state index in [1.165, 1.54) is 11.1 Å². The van der Waals surface area contributed by atoms with Crippen molar-refractivity contribution in [1.82, 2.24) is 10.2 Å². The van der Waals surface area contributed by atoms with E-state index in [-0.39, 0.29) is 17.9 Å². The van der Waals surface area contributed by atoms with Crippen LogP contribution in [0.1, 0.15) is 70.1 Å². The van der Waals surface area contributed by atoms with E-state index in [1.807, 2.05) is 39.0 Å². The summed E-state index contributed by atoms with van der Waals surface area (Å²) in [5.74, 6) is 0.432. The van der Waals surface area contributed by atoms with Gasteiger partial charge in [0, 0.05) is 19.0 Å². The third-order valence-electron chi connectivity index (χ3n) is 5.93. The molecule has 0 aliphatic heterocycles. The minimum absolute atomic E-state index is 0.0238. The van der Waals surface area contributed by atoms with E-state index in [4.69, 9.17) is 0 Å². The van der Waals surface area contributed by atoms with Gasteiger partial charge in [0.1, 0.15) is 6.04 Å². The maximum atomic E-state index is 13.2. The summed E-state index contributed by atoms with van der Waals surface area (Å²) in [6.07, 6.45) is 2.68. The number of carbonyl (C=O) groups excluding carboxylic acids is 2. The van der Waals surface area contributed by atoms with Crippen molar-refractivity contribution in [3.8, 4) is 0 Å². The number of amides is 2. The van der Waals surface area contributed by atoms with E-state index in [9.17, 15) is 9.59 Å². The van der Waals surface area contributed by atoms with Gasteiger partial charge in [0.15, 0.2) is 0 Å². The number of nitrogens with one attached hydrogen (secondary N) is 1. The molecule has 31 heavy (non-hydrogen) atoms. The zero-order chi connectivity index (χ0) is 22.8. The molecule has 2 aromatic carbocycles. The zero-order valence-corrected chi connectivity index (χ0v) is 19.7. The van der Waals surface area contributed by atoms with Crippen LogP contribution in [0.2, 0.25) is 0 Å². The quantitative estimate of drug-likeness (QED) is 0.547. The molecule has 0 saturated heterocycles. The number of rotatable bonds is 11. The Hall–Kier alpha value is -2.62. The van der Waals surface area contributed by atoms with Crippen LogP contribution >= 0.6 is 0 Å². The van der Waals surface area contributed by atoms with Gasteiger partial charge in [-0.3, -0.25) is 9.59 Å². The second kappa shape index (κ2) is 12.3. The number of hydrogen-bond donors (Lipinski definition) is 1. The second-order valence-corrected chi connectivity index (χ2v) is 8.71. The first-order valence-electron chi connectivity index (χ1n) is 11.5. The molecule has 0 spiro atoms. The molecule has 2 aromatic rings. The molecule has 168 valence electrons. The Kier molecular flexibility index (Phi) is 9.77. The van der Waals surface area contributed by atoms with E-state index < -0.39 is 6.04 Å². The van der Waals surface area contributed by atoms with E-state index in [0.717, 1.165) is 18.4 Å². The van der Waals surface area contributed by atoms with Gasteiger partial charge in [-0.05, 0) is 55.7 Å². The van der Waals surface area contributed by atoms with E-state index in [0.29, 0.717) is 25.3 Å². The summed E-state index contributed by atoms with van der Waals surface area (Å²) in [5, 5.41) is 3.02. The van der Waals surface area contributed by atoms with Crippen LogP contribution in [0.3, 0.4) is 0 Å². The van der Waals surface area contributed by atoms with Crippen LogP contribution in [0.25, 0.3) is 0 Å². The number of aryl methyl sites for hydroxylation is 1. The van der Waals surface area contributed by atoms with Crippen molar-refractivity contribution in [2.45, 2.75) is 78.3 Å². The Morgan fingerprint density at radius 2 is 1.48 bits per heavy atom. The predicted molar refractivity (Wildman–Crippen MR) is 128 cm³/mol. The molecular formula is C27H38N2O2. The third kappa shape index (κ3) is 7.86. The lowest BCUT2D eigenvalue weighted by Gasteiger charge is -2.29. The highest BCUT2D eigenvalue weighted by Gasteiger charge is 2.26. The summed E-state index contributed by atoms with van der Waals surface area (Å²) in [5.41, 5.74) is 3.62. The van der Waals surface area contributed by atoms with Crippen molar-refractivity contribution < 1.29 is 9.59 Å². The van der Waals surface area contributed by atoms with Gasteiger partial charge in [0.25, 0.3) is 0 Å². The molecule has 4 nitrogen and oxygen atoms in total. The first kappa shape index (κ1) is 24.6. The Labute approximate surface area is 188 Å². The summed E-state index contributed by atoms with van der Waals surface area (Å²) >= 11 is 0. The summed E-state index contributed by atoms with van der Waals surface area (Å²) in [7, 11) is 0. The fourth-order valence-electron chi connectivity index (χ4n) is 3.50.